The molecule has 0 unspecified atom stereocenters. The van der Waals surface area contributed by atoms with Crippen LogP contribution >= 0.6 is 0 Å². The van der Waals surface area contributed by atoms with Gasteiger partial charge in [0, 0.05) is 14.1 Å². The molecule has 1 rings (SSSR count). The fraction of sp³-hybridized carbons (Fsp3) is 0.947. The second-order valence-electron chi connectivity index (χ2n) is 7.15. The van der Waals surface area contributed by atoms with Gasteiger partial charge in [0.1, 0.15) is 6.10 Å². The van der Waals surface area contributed by atoms with Crippen LogP contribution in [0.3, 0.4) is 0 Å². The van der Waals surface area contributed by atoms with E-state index in [0.29, 0.717) is 0 Å². The zero-order valence-electron chi connectivity index (χ0n) is 15.4. The fourth-order valence-corrected chi connectivity index (χ4v) is 3.05. The summed E-state index contributed by atoms with van der Waals surface area (Å²) in [4.78, 5) is 13.2. The molecule has 1 N–H and O–H groups in total. The van der Waals surface area contributed by atoms with Gasteiger partial charge in [-0.05, 0) is 6.42 Å². The van der Waals surface area contributed by atoms with Crippen molar-refractivity contribution in [3.63, 3.8) is 0 Å². The maximum atomic E-state index is 11.7. The van der Waals surface area contributed by atoms with E-state index in [4.69, 9.17) is 4.74 Å². The third kappa shape index (κ3) is 8.71. The van der Waals surface area contributed by atoms with Crippen molar-refractivity contribution in [2.75, 3.05) is 14.1 Å². The lowest BCUT2D eigenvalue weighted by atomic mass is 10.0. The van der Waals surface area contributed by atoms with E-state index >= 15 is 0 Å². The summed E-state index contributed by atoms with van der Waals surface area (Å²) in [6.07, 6.45) is 14.0. The number of hydrogen-bond acceptors (Lipinski definition) is 3. The van der Waals surface area contributed by atoms with Crippen LogP contribution in [0.15, 0.2) is 0 Å². The summed E-state index contributed by atoms with van der Waals surface area (Å²) in [6, 6.07) is 0. The average Bonchev–Trinajstić information content (AvgIpc) is 3.32. The Bertz CT molecular complexity index is 320. The molecule has 0 radical (unpaired) electrons. The molecule has 0 saturated carbocycles. The number of carbonyl (C=O) groups excluding carboxylic acids is 1. The number of epoxide rings is 1. The van der Waals surface area contributed by atoms with Crippen LogP contribution < -0.4 is 0 Å². The van der Waals surface area contributed by atoms with E-state index in [2.05, 4.69) is 6.92 Å². The number of nitrogens with zero attached hydrogens (tertiary/aromatic N) is 1. The molecule has 0 aromatic heterocycles. The molecule has 136 valence electrons. The number of aliphatic hydroxyl groups excluding tert-OH is 1. The quantitative estimate of drug-likeness (QED) is 0.389. The number of rotatable bonds is 14. The molecule has 1 heterocycles. The largest absolute Gasteiger partial charge is 0.390 e. The molecule has 1 aliphatic heterocycles. The van der Waals surface area contributed by atoms with Crippen molar-refractivity contribution in [3.8, 4) is 0 Å². The predicted octanol–water partition coefficient (Wildman–Crippen LogP) is 3.90. The Morgan fingerprint density at radius 1 is 0.957 bits per heavy atom. The van der Waals surface area contributed by atoms with Gasteiger partial charge < -0.3 is 14.7 Å². The van der Waals surface area contributed by atoms with Crippen molar-refractivity contribution in [2.24, 2.45) is 0 Å². The first kappa shape index (κ1) is 20.4. The topological polar surface area (TPSA) is 53.1 Å². The van der Waals surface area contributed by atoms with Crippen LogP contribution in [0, 0.1) is 0 Å². The third-order valence-corrected chi connectivity index (χ3v) is 4.69. The molecule has 4 nitrogen and oxygen atoms in total. The standard InChI is InChI=1S/C19H37NO3/c1-4-5-6-7-8-9-10-11-12-13-14-15-16(21)17-18(23-17)19(22)20(2)3/h16-18,21H,4-15H2,1-3H3/t16-,17+,18+/m0/s1. The lowest BCUT2D eigenvalue weighted by Gasteiger charge is -2.09. The lowest BCUT2D eigenvalue weighted by molar-refractivity contribution is -0.130. The molecule has 1 aliphatic rings. The molecular formula is C19H37NO3. The molecule has 1 saturated heterocycles. The zero-order chi connectivity index (χ0) is 17.1. The fourth-order valence-electron chi connectivity index (χ4n) is 3.05. The SMILES string of the molecule is CCCCCCCCCCCCC[C@H](O)[C@H]1O[C@H]1C(=O)N(C)C. The number of hydrogen-bond donors (Lipinski definition) is 1. The number of unbranched alkanes of at least 4 members (excludes halogenated alkanes) is 10. The Morgan fingerprint density at radius 2 is 1.43 bits per heavy atom. The average molecular weight is 328 g/mol. The van der Waals surface area contributed by atoms with Crippen LogP contribution in [0.2, 0.25) is 0 Å². The summed E-state index contributed by atoms with van der Waals surface area (Å²) in [5.41, 5.74) is 0. The third-order valence-electron chi connectivity index (χ3n) is 4.69. The van der Waals surface area contributed by atoms with Crippen LogP contribution in [-0.4, -0.2) is 48.3 Å². The van der Waals surface area contributed by atoms with Gasteiger partial charge in [-0.3, -0.25) is 4.79 Å². The van der Waals surface area contributed by atoms with Gasteiger partial charge in [-0.2, -0.15) is 0 Å². The minimum Gasteiger partial charge on any atom is -0.390 e. The maximum absolute atomic E-state index is 11.7. The molecule has 0 aromatic carbocycles. The molecule has 0 bridgehead atoms. The summed E-state index contributed by atoms with van der Waals surface area (Å²) in [5.74, 6) is -0.0343. The summed E-state index contributed by atoms with van der Waals surface area (Å²) >= 11 is 0. The molecule has 0 spiro atoms. The Morgan fingerprint density at radius 3 is 1.91 bits per heavy atom. The van der Waals surface area contributed by atoms with Gasteiger partial charge in [-0.15, -0.1) is 0 Å². The van der Waals surface area contributed by atoms with Gasteiger partial charge in [0.2, 0.25) is 0 Å². The molecule has 3 atom stereocenters. The van der Waals surface area contributed by atoms with E-state index in [9.17, 15) is 9.90 Å². The van der Waals surface area contributed by atoms with Crippen LogP contribution in [-0.2, 0) is 9.53 Å². The zero-order valence-corrected chi connectivity index (χ0v) is 15.4. The number of likely N-dealkylation sites (N-methyl/N-ethyl adjacent to an activating group) is 1. The van der Waals surface area contributed by atoms with Gasteiger partial charge in [0.25, 0.3) is 5.91 Å². The van der Waals surface area contributed by atoms with Crippen LogP contribution in [0.5, 0.6) is 0 Å². The summed E-state index contributed by atoms with van der Waals surface area (Å²) < 4.78 is 5.31. The van der Waals surface area contributed by atoms with E-state index < -0.39 is 12.2 Å². The van der Waals surface area contributed by atoms with Crippen molar-refractivity contribution < 1.29 is 14.6 Å². The molecule has 1 amide bonds. The second kappa shape index (κ2) is 11.9. The Kier molecular flexibility index (Phi) is 10.5. The second-order valence-corrected chi connectivity index (χ2v) is 7.15. The molecule has 4 heteroatoms. The van der Waals surface area contributed by atoms with E-state index in [1.54, 1.807) is 14.1 Å². The van der Waals surface area contributed by atoms with Gasteiger partial charge in [-0.1, -0.05) is 77.6 Å². The molecule has 0 aliphatic carbocycles. The Balaban J connectivity index is 1.87. The van der Waals surface area contributed by atoms with Crippen LogP contribution in [0.1, 0.15) is 84.0 Å². The number of ether oxygens (including phenoxy) is 1. The maximum Gasteiger partial charge on any atom is 0.254 e. The van der Waals surface area contributed by atoms with Crippen molar-refractivity contribution >= 4 is 5.91 Å². The van der Waals surface area contributed by atoms with Crippen molar-refractivity contribution in [1.82, 2.24) is 4.90 Å². The number of amides is 1. The minimum absolute atomic E-state index is 0.0343. The number of carbonyl (C=O) groups is 1. The molecule has 23 heavy (non-hydrogen) atoms. The Labute approximate surface area is 142 Å². The first-order valence-corrected chi connectivity index (χ1v) is 9.62. The monoisotopic (exact) mass is 327 g/mol. The Hall–Kier alpha value is -0.610. The highest BCUT2D eigenvalue weighted by molar-refractivity contribution is 5.83. The molecule has 0 aromatic rings. The minimum atomic E-state index is -0.484. The van der Waals surface area contributed by atoms with Crippen molar-refractivity contribution in [2.45, 2.75) is 102 Å². The normalized spacial score (nSPS) is 21.2. The van der Waals surface area contributed by atoms with Gasteiger partial charge in [0.15, 0.2) is 6.10 Å². The van der Waals surface area contributed by atoms with Gasteiger partial charge >= 0.3 is 0 Å². The highest BCUT2D eigenvalue weighted by atomic mass is 16.6. The summed E-state index contributed by atoms with van der Waals surface area (Å²) in [7, 11) is 3.44. The first-order valence-electron chi connectivity index (χ1n) is 9.62. The highest BCUT2D eigenvalue weighted by Crippen LogP contribution is 2.29. The predicted molar refractivity (Wildman–Crippen MR) is 94.4 cm³/mol. The first-order chi connectivity index (χ1) is 11.1. The van der Waals surface area contributed by atoms with E-state index in [0.717, 1.165) is 12.8 Å². The highest BCUT2D eigenvalue weighted by Gasteiger charge is 2.49. The van der Waals surface area contributed by atoms with Crippen LogP contribution in [0.25, 0.3) is 0 Å². The summed E-state index contributed by atoms with van der Waals surface area (Å²) in [5, 5.41) is 10.0. The molecular weight excluding hydrogens is 290 g/mol. The van der Waals surface area contributed by atoms with Crippen molar-refractivity contribution in [3.05, 3.63) is 0 Å². The van der Waals surface area contributed by atoms with Crippen molar-refractivity contribution in [1.29, 1.82) is 0 Å². The molecule has 1 fully saturated rings. The van der Waals surface area contributed by atoms with Gasteiger partial charge in [0.05, 0.1) is 6.10 Å². The van der Waals surface area contributed by atoms with E-state index in [1.165, 1.54) is 69.1 Å². The number of aliphatic hydroxyl groups is 1. The van der Waals surface area contributed by atoms with E-state index in [1.807, 2.05) is 0 Å². The smallest absolute Gasteiger partial charge is 0.254 e. The van der Waals surface area contributed by atoms with E-state index in [-0.39, 0.29) is 12.0 Å². The van der Waals surface area contributed by atoms with Crippen LogP contribution in [0.4, 0.5) is 0 Å². The summed E-state index contributed by atoms with van der Waals surface area (Å²) in [6.45, 7) is 2.26. The lowest BCUT2D eigenvalue weighted by Crippen LogP contribution is -2.30. The van der Waals surface area contributed by atoms with Gasteiger partial charge in [-0.25, -0.2) is 0 Å².